The van der Waals surface area contributed by atoms with E-state index in [-0.39, 0.29) is 0 Å². The standard InChI is InChI=1S/C14H14N2S2/c15-11-5-1-3-7-13(11)17-9-10-18-14-8-4-2-6-12(14)16/h1-10H,15-16H2. The fraction of sp³-hybridized carbons (Fsp3) is 0. The van der Waals surface area contributed by atoms with Crippen LogP contribution in [-0.4, -0.2) is 0 Å². The van der Waals surface area contributed by atoms with Crippen LogP contribution in [0, 0.1) is 0 Å². The van der Waals surface area contributed by atoms with Gasteiger partial charge in [-0.05, 0) is 35.1 Å². The second-order valence-electron chi connectivity index (χ2n) is 3.58. The Balaban J connectivity index is 1.94. The summed E-state index contributed by atoms with van der Waals surface area (Å²) in [5.74, 6) is 0. The minimum Gasteiger partial charge on any atom is -0.398 e. The monoisotopic (exact) mass is 274 g/mol. The number of hydrogen-bond acceptors (Lipinski definition) is 4. The lowest BCUT2D eigenvalue weighted by atomic mass is 10.3. The topological polar surface area (TPSA) is 52.0 Å². The molecule has 4 N–H and O–H groups in total. The van der Waals surface area contributed by atoms with Gasteiger partial charge in [-0.2, -0.15) is 0 Å². The highest BCUT2D eigenvalue weighted by Crippen LogP contribution is 2.29. The molecule has 0 spiro atoms. The van der Waals surface area contributed by atoms with Crippen LogP contribution >= 0.6 is 23.5 Å². The van der Waals surface area contributed by atoms with Crippen molar-refractivity contribution in [2.75, 3.05) is 11.5 Å². The molecule has 0 heterocycles. The molecule has 0 amide bonds. The number of benzene rings is 2. The second kappa shape index (κ2) is 6.42. The summed E-state index contributed by atoms with van der Waals surface area (Å²) >= 11 is 3.21. The Morgan fingerprint density at radius 2 is 1.06 bits per heavy atom. The Morgan fingerprint density at radius 3 is 1.44 bits per heavy atom. The summed E-state index contributed by atoms with van der Waals surface area (Å²) in [5, 5.41) is 4.03. The van der Waals surface area contributed by atoms with Gasteiger partial charge in [0.1, 0.15) is 0 Å². The Morgan fingerprint density at radius 1 is 0.667 bits per heavy atom. The van der Waals surface area contributed by atoms with Crippen LogP contribution in [0.4, 0.5) is 11.4 Å². The molecule has 0 atom stereocenters. The van der Waals surface area contributed by atoms with Crippen LogP contribution < -0.4 is 11.5 Å². The smallest absolute Gasteiger partial charge is 0.0455 e. The first kappa shape index (κ1) is 12.9. The fourth-order valence-electron chi connectivity index (χ4n) is 1.38. The van der Waals surface area contributed by atoms with E-state index in [9.17, 15) is 0 Å². The number of thioether (sulfide) groups is 2. The van der Waals surface area contributed by atoms with Gasteiger partial charge in [-0.1, -0.05) is 47.8 Å². The van der Waals surface area contributed by atoms with Gasteiger partial charge in [0.25, 0.3) is 0 Å². The highest BCUT2D eigenvalue weighted by Gasteiger charge is 1.96. The maximum absolute atomic E-state index is 5.86. The molecule has 0 saturated heterocycles. The summed E-state index contributed by atoms with van der Waals surface area (Å²) in [7, 11) is 0. The predicted molar refractivity (Wildman–Crippen MR) is 82.6 cm³/mol. The molecular weight excluding hydrogens is 260 g/mol. The molecule has 2 aromatic rings. The Hall–Kier alpha value is -1.52. The van der Waals surface area contributed by atoms with Crippen LogP contribution in [0.25, 0.3) is 0 Å². The van der Waals surface area contributed by atoms with Crippen molar-refractivity contribution < 1.29 is 0 Å². The van der Waals surface area contributed by atoms with Crippen molar-refractivity contribution in [2.24, 2.45) is 0 Å². The van der Waals surface area contributed by atoms with Crippen LogP contribution in [0.3, 0.4) is 0 Å². The highest BCUT2D eigenvalue weighted by molar-refractivity contribution is 8.05. The summed E-state index contributed by atoms with van der Waals surface area (Å²) < 4.78 is 0. The van der Waals surface area contributed by atoms with Gasteiger partial charge in [-0.25, -0.2) is 0 Å². The van der Waals surface area contributed by atoms with E-state index in [1.807, 2.05) is 59.3 Å². The average molecular weight is 274 g/mol. The van der Waals surface area contributed by atoms with Gasteiger partial charge in [0, 0.05) is 21.2 Å². The molecule has 0 radical (unpaired) electrons. The number of rotatable bonds is 4. The van der Waals surface area contributed by atoms with Crippen LogP contribution in [0.15, 0.2) is 69.1 Å². The average Bonchev–Trinajstić information content (AvgIpc) is 2.38. The quantitative estimate of drug-likeness (QED) is 0.648. The van der Waals surface area contributed by atoms with Crippen molar-refractivity contribution in [2.45, 2.75) is 9.79 Å². The normalized spacial score (nSPS) is 10.9. The Labute approximate surface area is 115 Å². The molecule has 0 aliphatic rings. The third-order valence-electron chi connectivity index (χ3n) is 2.28. The molecule has 0 fully saturated rings. The third kappa shape index (κ3) is 3.48. The minimum absolute atomic E-state index is 0.802. The van der Waals surface area contributed by atoms with Crippen molar-refractivity contribution in [1.82, 2.24) is 0 Å². The van der Waals surface area contributed by atoms with E-state index >= 15 is 0 Å². The van der Waals surface area contributed by atoms with Crippen molar-refractivity contribution in [3.05, 3.63) is 59.3 Å². The van der Waals surface area contributed by atoms with Crippen LogP contribution in [0.1, 0.15) is 0 Å². The van der Waals surface area contributed by atoms with Gasteiger partial charge in [0.15, 0.2) is 0 Å². The zero-order valence-electron chi connectivity index (χ0n) is 9.74. The summed E-state index contributed by atoms with van der Waals surface area (Å²) in [5.41, 5.74) is 13.3. The fourth-order valence-corrected chi connectivity index (χ4v) is 2.84. The first-order valence-electron chi connectivity index (χ1n) is 5.45. The van der Waals surface area contributed by atoms with Crippen LogP contribution in [0.5, 0.6) is 0 Å². The second-order valence-corrected chi connectivity index (χ2v) is 5.48. The van der Waals surface area contributed by atoms with Gasteiger partial charge < -0.3 is 11.5 Å². The lowest BCUT2D eigenvalue weighted by molar-refractivity contribution is 1.47. The summed E-state index contributed by atoms with van der Waals surface area (Å²) in [6.07, 6.45) is 0. The summed E-state index contributed by atoms with van der Waals surface area (Å²) in [6.45, 7) is 0. The molecule has 0 aliphatic heterocycles. The van der Waals surface area contributed by atoms with Gasteiger partial charge >= 0.3 is 0 Å². The van der Waals surface area contributed by atoms with Crippen LogP contribution in [0.2, 0.25) is 0 Å². The van der Waals surface area contributed by atoms with Crippen molar-refractivity contribution in [1.29, 1.82) is 0 Å². The van der Waals surface area contributed by atoms with E-state index in [0.717, 1.165) is 21.2 Å². The first-order chi connectivity index (χ1) is 8.77. The zero-order chi connectivity index (χ0) is 12.8. The maximum atomic E-state index is 5.86. The molecule has 0 aromatic heterocycles. The Bertz CT molecular complexity index is 503. The van der Waals surface area contributed by atoms with Gasteiger partial charge in [-0.15, -0.1) is 0 Å². The van der Waals surface area contributed by atoms with E-state index in [1.54, 1.807) is 23.5 Å². The number of nitrogen functional groups attached to an aromatic ring is 2. The number of anilines is 2. The Kier molecular flexibility index (Phi) is 4.61. The van der Waals surface area contributed by atoms with Gasteiger partial charge in [0.05, 0.1) is 0 Å². The molecule has 0 saturated carbocycles. The van der Waals surface area contributed by atoms with E-state index in [2.05, 4.69) is 0 Å². The van der Waals surface area contributed by atoms with E-state index < -0.39 is 0 Å². The van der Waals surface area contributed by atoms with E-state index in [4.69, 9.17) is 11.5 Å². The summed E-state index contributed by atoms with van der Waals surface area (Å²) in [6, 6.07) is 15.6. The van der Waals surface area contributed by atoms with E-state index in [0.29, 0.717) is 0 Å². The molecule has 18 heavy (non-hydrogen) atoms. The highest BCUT2D eigenvalue weighted by atomic mass is 32.2. The molecule has 92 valence electrons. The lowest BCUT2D eigenvalue weighted by Gasteiger charge is -2.01. The molecule has 0 bridgehead atoms. The first-order valence-corrected chi connectivity index (χ1v) is 7.20. The molecule has 2 nitrogen and oxygen atoms in total. The minimum atomic E-state index is 0.802. The maximum Gasteiger partial charge on any atom is 0.0455 e. The van der Waals surface area contributed by atoms with Gasteiger partial charge in [0.2, 0.25) is 0 Å². The predicted octanol–water partition coefficient (Wildman–Crippen LogP) is 4.21. The molecule has 0 unspecified atom stereocenters. The molecule has 0 aliphatic carbocycles. The number of para-hydroxylation sites is 2. The van der Waals surface area contributed by atoms with Crippen molar-refractivity contribution >= 4 is 34.9 Å². The largest absolute Gasteiger partial charge is 0.398 e. The molecular formula is C14H14N2S2. The third-order valence-corrected chi connectivity index (χ3v) is 4.25. The van der Waals surface area contributed by atoms with E-state index in [1.165, 1.54) is 0 Å². The van der Waals surface area contributed by atoms with Crippen molar-refractivity contribution in [3.8, 4) is 0 Å². The van der Waals surface area contributed by atoms with Gasteiger partial charge in [-0.3, -0.25) is 0 Å². The number of hydrogen-bond donors (Lipinski definition) is 2. The zero-order valence-corrected chi connectivity index (χ0v) is 11.4. The SMILES string of the molecule is Nc1ccccc1SC=CSc1ccccc1N. The summed E-state index contributed by atoms with van der Waals surface area (Å²) in [4.78, 5) is 2.13. The molecule has 2 rings (SSSR count). The number of nitrogens with two attached hydrogens (primary N) is 2. The molecule has 2 aromatic carbocycles. The van der Waals surface area contributed by atoms with Crippen LogP contribution in [-0.2, 0) is 0 Å². The van der Waals surface area contributed by atoms with Crippen molar-refractivity contribution in [3.63, 3.8) is 0 Å². The lowest BCUT2D eigenvalue weighted by Crippen LogP contribution is -1.86. The molecule has 4 heteroatoms.